The Morgan fingerprint density at radius 1 is 0.917 bits per heavy atom. The standard InChI is InChI=1S/C19H22N4O/c1-15-20-19(21-24-15)14-23-11-9-22(10-12-23)13-17-7-4-6-16-5-2-3-8-18(16)17/h2-8H,9-14H2,1H3. The van der Waals surface area contributed by atoms with Gasteiger partial charge in [0.25, 0.3) is 0 Å². The molecule has 24 heavy (non-hydrogen) atoms. The average Bonchev–Trinajstić information content (AvgIpc) is 3.02. The maximum absolute atomic E-state index is 5.05. The van der Waals surface area contributed by atoms with Crippen molar-refractivity contribution in [3.63, 3.8) is 0 Å². The number of hydrogen-bond acceptors (Lipinski definition) is 5. The number of aryl methyl sites for hydroxylation is 1. The third-order valence-electron chi connectivity index (χ3n) is 4.67. The van der Waals surface area contributed by atoms with Gasteiger partial charge in [0, 0.05) is 39.6 Å². The van der Waals surface area contributed by atoms with Gasteiger partial charge in [0.05, 0.1) is 6.54 Å². The van der Waals surface area contributed by atoms with Gasteiger partial charge in [-0.1, -0.05) is 47.6 Å². The zero-order valence-electron chi connectivity index (χ0n) is 14.0. The van der Waals surface area contributed by atoms with Gasteiger partial charge in [0.1, 0.15) is 0 Å². The topological polar surface area (TPSA) is 45.4 Å². The Balaban J connectivity index is 1.37. The van der Waals surface area contributed by atoms with Gasteiger partial charge >= 0.3 is 0 Å². The highest BCUT2D eigenvalue weighted by atomic mass is 16.5. The van der Waals surface area contributed by atoms with Crippen molar-refractivity contribution in [1.29, 1.82) is 0 Å². The van der Waals surface area contributed by atoms with Crippen LogP contribution in [0.25, 0.3) is 10.8 Å². The minimum atomic E-state index is 0.639. The smallest absolute Gasteiger partial charge is 0.223 e. The number of piperazine rings is 1. The third kappa shape index (κ3) is 3.32. The van der Waals surface area contributed by atoms with E-state index in [0.29, 0.717) is 5.89 Å². The van der Waals surface area contributed by atoms with Crippen molar-refractivity contribution in [3.8, 4) is 0 Å². The Morgan fingerprint density at radius 3 is 2.38 bits per heavy atom. The summed E-state index contributed by atoms with van der Waals surface area (Å²) in [5, 5.41) is 6.68. The molecule has 0 bridgehead atoms. The highest BCUT2D eigenvalue weighted by Crippen LogP contribution is 2.20. The molecule has 0 spiro atoms. The van der Waals surface area contributed by atoms with E-state index in [1.807, 2.05) is 6.92 Å². The van der Waals surface area contributed by atoms with Crippen molar-refractivity contribution in [2.24, 2.45) is 0 Å². The molecule has 0 unspecified atom stereocenters. The molecule has 0 N–H and O–H groups in total. The first-order valence-corrected chi connectivity index (χ1v) is 8.48. The number of aromatic nitrogens is 2. The van der Waals surface area contributed by atoms with Crippen molar-refractivity contribution in [2.75, 3.05) is 26.2 Å². The van der Waals surface area contributed by atoms with Crippen LogP contribution in [0.2, 0.25) is 0 Å². The molecular weight excluding hydrogens is 300 g/mol. The fourth-order valence-corrected chi connectivity index (χ4v) is 3.38. The van der Waals surface area contributed by atoms with Gasteiger partial charge in [0.2, 0.25) is 5.89 Å². The van der Waals surface area contributed by atoms with E-state index in [-0.39, 0.29) is 0 Å². The van der Waals surface area contributed by atoms with Gasteiger partial charge in [-0.15, -0.1) is 0 Å². The Kier molecular flexibility index (Phi) is 4.28. The second-order valence-corrected chi connectivity index (χ2v) is 6.42. The second-order valence-electron chi connectivity index (χ2n) is 6.42. The number of rotatable bonds is 4. The summed E-state index contributed by atoms with van der Waals surface area (Å²) in [7, 11) is 0. The summed E-state index contributed by atoms with van der Waals surface area (Å²) in [6, 6.07) is 15.2. The van der Waals surface area contributed by atoms with Crippen LogP contribution in [0, 0.1) is 6.92 Å². The molecule has 5 heteroatoms. The highest BCUT2D eigenvalue weighted by Gasteiger charge is 2.19. The molecular formula is C19H22N4O. The van der Waals surface area contributed by atoms with Crippen molar-refractivity contribution < 1.29 is 4.52 Å². The molecule has 4 rings (SSSR count). The summed E-state index contributed by atoms with van der Waals surface area (Å²) in [6.07, 6.45) is 0. The van der Waals surface area contributed by atoms with Crippen LogP contribution in [-0.4, -0.2) is 46.1 Å². The van der Waals surface area contributed by atoms with Crippen molar-refractivity contribution in [1.82, 2.24) is 19.9 Å². The zero-order chi connectivity index (χ0) is 16.4. The molecule has 1 aliphatic heterocycles. The van der Waals surface area contributed by atoms with E-state index in [1.54, 1.807) is 0 Å². The first-order chi connectivity index (χ1) is 11.8. The lowest BCUT2D eigenvalue weighted by molar-refractivity contribution is 0.119. The predicted octanol–water partition coefficient (Wildman–Crippen LogP) is 2.85. The van der Waals surface area contributed by atoms with E-state index in [1.165, 1.54) is 16.3 Å². The normalized spacial score (nSPS) is 16.7. The van der Waals surface area contributed by atoms with E-state index in [4.69, 9.17) is 4.52 Å². The summed E-state index contributed by atoms with van der Waals surface area (Å²) in [4.78, 5) is 9.21. The minimum Gasteiger partial charge on any atom is -0.340 e. The summed E-state index contributed by atoms with van der Waals surface area (Å²) < 4.78 is 5.05. The van der Waals surface area contributed by atoms with E-state index < -0.39 is 0 Å². The molecule has 0 saturated carbocycles. The van der Waals surface area contributed by atoms with Gasteiger partial charge in [-0.25, -0.2) is 0 Å². The lowest BCUT2D eigenvalue weighted by atomic mass is 10.0. The molecule has 2 heterocycles. The number of nitrogens with zero attached hydrogens (tertiary/aromatic N) is 4. The van der Waals surface area contributed by atoms with Crippen LogP contribution in [0.3, 0.4) is 0 Å². The van der Waals surface area contributed by atoms with E-state index >= 15 is 0 Å². The molecule has 0 amide bonds. The van der Waals surface area contributed by atoms with Gasteiger partial charge < -0.3 is 4.52 Å². The van der Waals surface area contributed by atoms with E-state index in [2.05, 4.69) is 62.4 Å². The number of benzene rings is 2. The van der Waals surface area contributed by atoms with Crippen LogP contribution in [0.15, 0.2) is 47.0 Å². The largest absolute Gasteiger partial charge is 0.340 e. The summed E-state index contributed by atoms with van der Waals surface area (Å²) in [6.45, 7) is 7.84. The third-order valence-corrected chi connectivity index (χ3v) is 4.67. The molecule has 2 aromatic carbocycles. The lowest BCUT2D eigenvalue weighted by Crippen LogP contribution is -2.45. The monoisotopic (exact) mass is 322 g/mol. The maximum Gasteiger partial charge on any atom is 0.223 e. The molecule has 0 radical (unpaired) electrons. The predicted molar refractivity (Wildman–Crippen MR) is 93.5 cm³/mol. The van der Waals surface area contributed by atoms with Crippen LogP contribution in [-0.2, 0) is 13.1 Å². The lowest BCUT2D eigenvalue weighted by Gasteiger charge is -2.34. The summed E-state index contributed by atoms with van der Waals surface area (Å²) in [5.41, 5.74) is 1.41. The average molecular weight is 322 g/mol. The first kappa shape index (κ1) is 15.3. The summed E-state index contributed by atoms with van der Waals surface area (Å²) in [5.74, 6) is 1.43. The van der Waals surface area contributed by atoms with Gasteiger partial charge in [-0.2, -0.15) is 4.98 Å². The maximum atomic E-state index is 5.05. The van der Waals surface area contributed by atoms with Crippen molar-refractivity contribution in [2.45, 2.75) is 20.0 Å². The second kappa shape index (κ2) is 6.71. The van der Waals surface area contributed by atoms with Gasteiger partial charge in [0.15, 0.2) is 5.82 Å². The number of hydrogen-bond donors (Lipinski definition) is 0. The Labute approximate surface area is 141 Å². The quantitative estimate of drug-likeness (QED) is 0.739. The Bertz CT molecular complexity index is 816. The van der Waals surface area contributed by atoms with E-state index in [0.717, 1.165) is 45.1 Å². The van der Waals surface area contributed by atoms with Crippen LogP contribution in [0.1, 0.15) is 17.3 Å². The molecule has 3 aromatic rings. The Morgan fingerprint density at radius 2 is 1.62 bits per heavy atom. The molecule has 0 aliphatic carbocycles. The van der Waals surface area contributed by atoms with Crippen LogP contribution in [0.4, 0.5) is 0 Å². The fourth-order valence-electron chi connectivity index (χ4n) is 3.38. The molecule has 1 aliphatic rings. The van der Waals surface area contributed by atoms with Crippen LogP contribution in [0.5, 0.6) is 0 Å². The van der Waals surface area contributed by atoms with Gasteiger partial charge in [-0.05, 0) is 16.3 Å². The molecule has 1 aromatic heterocycles. The molecule has 1 fully saturated rings. The number of fused-ring (bicyclic) bond motifs is 1. The SMILES string of the molecule is Cc1nc(CN2CCN(Cc3cccc4ccccc34)CC2)no1. The zero-order valence-corrected chi connectivity index (χ0v) is 14.0. The Hall–Kier alpha value is -2.24. The van der Waals surface area contributed by atoms with Crippen molar-refractivity contribution >= 4 is 10.8 Å². The van der Waals surface area contributed by atoms with Gasteiger partial charge in [-0.3, -0.25) is 9.80 Å². The molecule has 0 atom stereocenters. The van der Waals surface area contributed by atoms with Crippen molar-refractivity contribution in [3.05, 3.63) is 59.7 Å². The van der Waals surface area contributed by atoms with Crippen LogP contribution >= 0.6 is 0 Å². The minimum absolute atomic E-state index is 0.639. The first-order valence-electron chi connectivity index (χ1n) is 8.48. The highest BCUT2D eigenvalue weighted by molar-refractivity contribution is 5.85. The molecule has 124 valence electrons. The molecule has 5 nitrogen and oxygen atoms in total. The summed E-state index contributed by atoms with van der Waals surface area (Å²) >= 11 is 0. The molecule has 1 saturated heterocycles. The van der Waals surface area contributed by atoms with E-state index in [9.17, 15) is 0 Å². The fraction of sp³-hybridized carbons (Fsp3) is 0.368. The van der Waals surface area contributed by atoms with Crippen LogP contribution < -0.4 is 0 Å².